The molecule has 186 valence electrons. The Bertz CT molecular complexity index is 1090. The smallest absolute Gasteiger partial charge is 0.244 e. The van der Waals surface area contributed by atoms with Crippen molar-refractivity contribution in [3.63, 3.8) is 0 Å². The molecule has 10 heteroatoms. The van der Waals surface area contributed by atoms with Crippen molar-refractivity contribution in [3.05, 3.63) is 59.1 Å². The Morgan fingerprint density at radius 2 is 1.71 bits per heavy atom. The van der Waals surface area contributed by atoms with Crippen LogP contribution in [0.5, 0.6) is 5.75 Å². The van der Waals surface area contributed by atoms with Gasteiger partial charge in [-0.15, -0.1) is 0 Å². The highest BCUT2D eigenvalue weighted by atomic mass is 35.5. The number of carbonyl (C=O) groups is 2. The number of hydrogen-bond donors (Lipinski definition) is 1. The average molecular weight is 510 g/mol. The van der Waals surface area contributed by atoms with Gasteiger partial charge in [0.15, 0.2) is 0 Å². The summed E-state index contributed by atoms with van der Waals surface area (Å²) in [4.78, 5) is 27.8. The maximum absolute atomic E-state index is 13.5. The number of anilines is 1. The summed E-state index contributed by atoms with van der Waals surface area (Å²) in [6.45, 7) is 5.06. The number of hydrogen-bond acceptors (Lipinski definition) is 5. The van der Waals surface area contributed by atoms with Crippen LogP contribution >= 0.6 is 11.6 Å². The van der Waals surface area contributed by atoms with Gasteiger partial charge in [0.1, 0.15) is 18.3 Å². The first-order valence-corrected chi connectivity index (χ1v) is 13.2. The lowest BCUT2D eigenvalue weighted by molar-refractivity contribution is -0.139. The molecule has 2 aromatic rings. The normalized spacial score (nSPS) is 13.0. The van der Waals surface area contributed by atoms with Crippen molar-refractivity contribution in [1.29, 1.82) is 0 Å². The maximum Gasteiger partial charge on any atom is 0.244 e. The topological polar surface area (TPSA) is 96.0 Å². The Morgan fingerprint density at radius 3 is 2.26 bits per heavy atom. The van der Waals surface area contributed by atoms with E-state index in [1.165, 1.54) is 12.0 Å². The van der Waals surface area contributed by atoms with Gasteiger partial charge in [-0.2, -0.15) is 0 Å². The van der Waals surface area contributed by atoms with Gasteiger partial charge in [-0.1, -0.05) is 42.8 Å². The van der Waals surface area contributed by atoms with Crippen LogP contribution in [-0.2, 0) is 26.2 Å². The minimum absolute atomic E-state index is 0.0662. The lowest BCUT2D eigenvalue weighted by Crippen LogP contribution is -2.52. The molecule has 0 unspecified atom stereocenters. The predicted octanol–water partition coefficient (Wildman–Crippen LogP) is 3.45. The van der Waals surface area contributed by atoms with Gasteiger partial charge in [0, 0.05) is 17.6 Å². The fourth-order valence-electron chi connectivity index (χ4n) is 3.27. The Labute approximate surface area is 206 Å². The number of nitrogens with zero attached hydrogens (tertiary/aromatic N) is 2. The highest BCUT2D eigenvalue weighted by molar-refractivity contribution is 7.92. The van der Waals surface area contributed by atoms with Gasteiger partial charge in [-0.3, -0.25) is 13.9 Å². The first-order chi connectivity index (χ1) is 16.0. The second-order valence-corrected chi connectivity index (χ2v) is 10.4. The number of carbonyl (C=O) groups excluding carboxylic acids is 2. The van der Waals surface area contributed by atoms with Crippen LogP contribution in [0.15, 0.2) is 48.5 Å². The lowest BCUT2D eigenvalue weighted by atomic mass is 10.1. The molecule has 2 atom stereocenters. The molecule has 2 aromatic carbocycles. The van der Waals surface area contributed by atoms with E-state index in [1.54, 1.807) is 55.5 Å². The molecule has 0 aliphatic heterocycles. The van der Waals surface area contributed by atoms with Gasteiger partial charge in [-0.25, -0.2) is 8.42 Å². The van der Waals surface area contributed by atoms with Crippen LogP contribution in [-0.4, -0.2) is 57.1 Å². The number of para-hydroxylation sites is 2. The van der Waals surface area contributed by atoms with Crippen molar-refractivity contribution in [2.45, 2.75) is 45.8 Å². The number of methoxy groups -OCH3 is 1. The SMILES string of the molecule is CC[C@@H](C)NC(=O)[C@H](C)N(Cc1ccc(Cl)cc1)C(=O)CN(c1ccccc1OC)S(C)(=O)=O. The number of nitrogens with one attached hydrogen (secondary N) is 1. The maximum atomic E-state index is 13.5. The predicted molar refractivity (Wildman–Crippen MR) is 135 cm³/mol. The van der Waals surface area contributed by atoms with E-state index in [-0.39, 0.29) is 24.2 Å². The number of sulfonamides is 1. The Morgan fingerprint density at radius 1 is 1.09 bits per heavy atom. The van der Waals surface area contributed by atoms with Crippen LogP contribution in [0.3, 0.4) is 0 Å². The Hall–Kier alpha value is -2.78. The van der Waals surface area contributed by atoms with Gasteiger partial charge in [-0.05, 0) is 50.1 Å². The largest absolute Gasteiger partial charge is 0.495 e. The summed E-state index contributed by atoms with van der Waals surface area (Å²) >= 11 is 5.98. The number of benzene rings is 2. The second kappa shape index (κ2) is 12.1. The molecular weight excluding hydrogens is 478 g/mol. The lowest BCUT2D eigenvalue weighted by Gasteiger charge is -2.32. The van der Waals surface area contributed by atoms with Gasteiger partial charge in [0.05, 0.1) is 19.1 Å². The van der Waals surface area contributed by atoms with Gasteiger partial charge < -0.3 is 15.0 Å². The third-order valence-electron chi connectivity index (χ3n) is 5.47. The van der Waals surface area contributed by atoms with Gasteiger partial charge in [0.2, 0.25) is 21.8 Å². The molecule has 0 fully saturated rings. The van der Waals surface area contributed by atoms with Crippen LogP contribution < -0.4 is 14.4 Å². The van der Waals surface area contributed by atoms with Crippen molar-refractivity contribution in [3.8, 4) is 5.75 Å². The summed E-state index contributed by atoms with van der Waals surface area (Å²) in [6, 6.07) is 12.6. The molecule has 0 heterocycles. The number of amides is 2. The molecule has 0 saturated heterocycles. The minimum atomic E-state index is -3.84. The third-order valence-corrected chi connectivity index (χ3v) is 6.85. The zero-order valence-electron chi connectivity index (χ0n) is 20.1. The standard InChI is InChI=1S/C24H32ClN3O5S/c1-6-17(2)26-24(30)18(3)27(15-19-11-13-20(25)14-12-19)23(29)16-28(34(5,31)32)21-9-7-8-10-22(21)33-4/h7-14,17-18H,6,15-16H2,1-5H3,(H,26,30)/t17-,18+/m1/s1. The van der Waals surface area contributed by atoms with E-state index in [2.05, 4.69) is 5.32 Å². The Balaban J connectivity index is 2.41. The molecule has 0 spiro atoms. The van der Waals surface area contributed by atoms with Crippen molar-refractivity contribution < 1.29 is 22.7 Å². The molecule has 8 nitrogen and oxygen atoms in total. The highest BCUT2D eigenvalue weighted by Crippen LogP contribution is 2.29. The molecule has 0 aliphatic rings. The Kier molecular flexibility index (Phi) is 9.76. The van der Waals surface area contributed by atoms with Crippen LogP contribution in [0.2, 0.25) is 5.02 Å². The van der Waals surface area contributed by atoms with Crippen LogP contribution in [0.4, 0.5) is 5.69 Å². The van der Waals surface area contributed by atoms with E-state index in [0.29, 0.717) is 10.8 Å². The fraction of sp³-hybridized carbons (Fsp3) is 0.417. The summed E-state index contributed by atoms with van der Waals surface area (Å²) in [5.74, 6) is -0.537. The van der Waals surface area contributed by atoms with E-state index in [0.717, 1.165) is 22.5 Å². The van der Waals surface area contributed by atoms with Gasteiger partial charge >= 0.3 is 0 Å². The first-order valence-electron chi connectivity index (χ1n) is 10.9. The molecule has 2 amide bonds. The summed E-state index contributed by atoms with van der Waals surface area (Å²) in [7, 11) is -2.41. The summed E-state index contributed by atoms with van der Waals surface area (Å²) in [6.07, 6.45) is 1.76. The molecular formula is C24H32ClN3O5S. The van der Waals surface area contributed by atoms with Crippen molar-refractivity contribution in [1.82, 2.24) is 10.2 Å². The average Bonchev–Trinajstić information content (AvgIpc) is 2.80. The minimum Gasteiger partial charge on any atom is -0.495 e. The molecule has 0 radical (unpaired) electrons. The number of ether oxygens (including phenoxy) is 1. The van der Waals surface area contributed by atoms with E-state index in [1.807, 2.05) is 13.8 Å². The summed E-state index contributed by atoms with van der Waals surface area (Å²) in [5.41, 5.74) is 0.994. The van der Waals surface area contributed by atoms with E-state index >= 15 is 0 Å². The quantitative estimate of drug-likeness (QED) is 0.500. The van der Waals surface area contributed by atoms with Crippen LogP contribution in [0, 0.1) is 0 Å². The van der Waals surface area contributed by atoms with E-state index < -0.39 is 28.5 Å². The molecule has 0 aromatic heterocycles. The summed E-state index contributed by atoms with van der Waals surface area (Å²) < 4.78 is 31.6. The first kappa shape index (κ1) is 27.5. The van der Waals surface area contributed by atoms with E-state index in [4.69, 9.17) is 16.3 Å². The zero-order chi connectivity index (χ0) is 25.5. The number of halogens is 1. The van der Waals surface area contributed by atoms with Crippen LogP contribution in [0.25, 0.3) is 0 Å². The molecule has 0 aliphatic carbocycles. The van der Waals surface area contributed by atoms with E-state index in [9.17, 15) is 18.0 Å². The zero-order valence-corrected chi connectivity index (χ0v) is 21.7. The summed E-state index contributed by atoms with van der Waals surface area (Å²) in [5, 5.41) is 3.43. The highest BCUT2D eigenvalue weighted by Gasteiger charge is 2.31. The molecule has 2 rings (SSSR count). The molecule has 1 N–H and O–H groups in total. The fourth-order valence-corrected chi connectivity index (χ4v) is 4.24. The third kappa shape index (κ3) is 7.36. The second-order valence-electron chi connectivity index (χ2n) is 8.08. The number of rotatable bonds is 11. The molecule has 34 heavy (non-hydrogen) atoms. The van der Waals surface area contributed by atoms with Crippen molar-refractivity contribution in [2.24, 2.45) is 0 Å². The monoisotopic (exact) mass is 509 g/mol. The van der Waals surface area contributed by atoms with Crippen molar-refractivity contribution in [2.75, 3.05) is 24.2 Å². The van der Waals surface area contributed by atoms with Crippen molar-refractivity contribution >= 4 is 39.1 Å². The molecule has 0 bridgehead atoms. The van der Waals surface area contributed by atoms with Gasteiger partial charge in [0.25, 0.3) is 0 Å². The molecule has 0 saturated carbocycles. The van der Waals surface area contributed by atoms with Crippen LogP contribution in [0.1, 0.15) is 32.8 Å².